The minimum atomic E-state index is -4.44. The van der Waals surface area contributed by atoms with Gasteiger partial charge in [-0.05, 0) is 43.2 Å². The first-order chi connectivity index (χ1) is 12.9. The van der Waals surface area contributed by atoms with Gasteiger partial charge in [-0.25, -0.2) is 4.68 Å². The van der Waals surface area contributed by atoms with Gasteiger partial charge in [-0.1, -0.05) is 24.3 Å². The summed E-state index contributed by atoms with van der Waals surface area (Å²) >= 11 is 0. The average molecular weight is 371 g/mol. The van der Waals surface area contributed by atoms with Gasteiger partial charge >= 0.3 is 6.18 Å². The van der Waals surface area contributed by atoms with Crippen molar-refractivity contribution in [1.82, 2.24) is 9.78 Å². The van der Waals surface area contributed by atoms with Crippen LogP contribution in [-0.4, -0.2) is 22.2 Å². The van der Waals surface area contributed by atoms with Crippen LogP contribution in [-0.2, 0) is 12.6 Å². The molecule has 1 aliphatic heterocycles. The van der Waals surface area contributed by atoms with E-state index in [9.17, 15) is 18.0 Å². The molecule has 0 unspecified atom stereocenters. The van der Waals surface area contributed by atoms with Crippen LogP contribution in [0.3, 0.4) is 0 Å². The molecular formula is C20H16F3N3O. The predicted molar refractivity (Wildman–Crippen MR) is 95.1 cm³/mol. The van der Waals surface area contributed by atoms with Gasteiger partial charge in [0.25, 0.3) is 5.91 Å². The lowest BCUT2D eigenvalue weighted by Crippen LogP contribution is -2.29. The summed E-state index contributed by atoms with van der Waals surface area (Å²) in [6, 6.07) is 12.6. The van der Waals surface area contributed by atoms with Gasteiger partial charge < -0.3 is 4.90 Å². The van der Waals surface area contributed by atoms with Crippen LogP contribution in [0.25, 0.3) is 5.69 Å². The van der Waals surface area contributed by atoms with Gasteiger partial charge in [-0.15, -0.1) is 0 Å². The fraction of sp³-hybridized carbons (Fsp3) is 0.200. The minimum absolute atomic E-state index is 0.198. The molecule has 27 heavy (non-hydrogen) atoms. The first kappa shape index (κ1) is 17.3. The molecule has 1 aromatic heterocycles. The maximum atomic E-state index is 13.0. The first-order valence-corrected chi connectivity index (χ1v) is 8.48. The third-order valence-electron chi connectivity index (χ3n) is 4.79. The van der Waals surface area contributed by atoms with E-state index in [2.05, 4.69) is 5.10 Å². The molecule has 0 fully saturated rings. The number of aromatic nitrogens is 2. The molecular weight excluding hydrogens is 355 g/mol. The number of anilines is 1. The van der Waals surface area contributed by atoms with Crippen LogP contribution in [0.1, 0.15) is 27.2 Å². The summed E-state index contributed by atoms with van der Waals surface area (Å²) in [6.07, 6.45) is -2.24. The second-order valence-electron chi connectivity index (χ2n) is 6.44. The molecule has 138 valence electrons. The van der Waals surface area contributed by atoms with Crippen LogP contribution in [0.2, 0.25) is 0 Å². The van der Waals surface area contributed by atoms with E-state index in [0.717, 1.165) is 29.8 Å². The van der Waals surface area contributed by atoms with Crippen LogP contribution in [0.4, 0.5) is 18.9 Å². The van der Waals surface area contributed by atoms with Crippen LogP contribution in [0, 0.1) is 6.92 Å². The SMILES string of the molecule is Cc1c(C(=O)N2CCc3ccccc32)cnn1-c1cccc(C(F)(F)F)c1. The molecule has 0 radical (unpaired) electrons. The highest BCUT2D eigenvalue weighted by Gasteiger charge is 2.31. The Balaban J connectivity index is 1.69. The lowest BCUT2D eigenvalue weighted by Gasteiger charge is -2.17. The number of para-hydroxylation sites is 1. The van der Waals surface area contributed by atoms with Crippen molar-refractivity contribution in [2.75, 3.05) is 11.4 Å². The van der Waals surface area contributed by atoms with Crippen LogP contribution in [0.15, 0.2) is 54.7 Å². The zero-order chi connectivity index (χ0) is 19.2. The smallest absolute Gasteiger partial charge is 0.308 e. The number of carbonyl (C=O) groups is 1. The van der Waals surface area contributed by atoms with Crippen molar-refractivity contribution in [2.24, 2.45) is 0 Å². The summed E-state index contributed by atoms with van der Waals surface area (Å²) in [5.74, 6) is -0.198. The normalized spacial score (nSPS) is 13.7. The van der Waals surface area contributed by atoms with E-state index >= 15 is 0 Å². The number of benzene rings is 2. The highest BCUT2D eigenvalue weighted by Crippen LogP contribution is 2.32. The summed E-state index contributed by atoms with van der Waals surface area (Å²) in [4.78, 5) is 14.7. The molecule has 4 rings (SSSR count). The second kappa shape index (κ2) is 6.26. The van der Waals surface area contributed by atoms with E-state index in [1.807, 2.05) is 24.3 Å². The molecule has 0 atom stereocenters. The van der Waals surface area contributed by atoms with Crippen molar-refractivity contribution in [3.8, 4) is 5.69 Å². The largest absolute Gasteiger partial charge is 0.416 e. The summed E-state index contributed by atoms with van der Waals surface area (Å²) in [5.41, 5.74) is 2.37. The highest BCUT2D eigenvalue weighted by atomic mass is 19.4. The van der Waals surface area contributed by atoms with Gasteiger partial charge in [0.2, 0.25) is 0 Å². The van der Waals surface area contributed by atoms with E-state index in [1.165, 1.54) is 23.0 Å². The number of alkyl halides is 3. The monoisotopic (exact) mass is 371 g/mol. The molecule has 2 heterocycles. The van der Waals surface area contributed by atoms with Gasteiger partial charge in [0.1, 0.15) is 0 Å². The van der Waals surface area contributed by atoms with Crippen LogP contribution >= 0.6 is 0 Å². The summed E-state index contributed by atoms with van der Waals surface area (Å²) in [7, 11) is 0. The number of fused-ring (bicyclic) bond motifs is 1. The predicted octanol–water partition coefficient (Wildman–Crippen LogP) is 4.40. The number of hydrogen-bond acceptors (Lipinski definition) is 2. The number of hydrogen-bond donors (Lipinski definition) is 0. The Bertz CT molecular complexity index is 1020. The Morgan fingerprint density at radius 1 is 1.11 bits per heavy atom. The Morgan fingerprint density at radius 2 is 1.89 bits per heavy atom. The Labute approximate surface area is 153 Å². The molecule has 2 aromatic carbocycles. The number of nitrogens with zero attached hydrogens (tertiary/aromatic N) is 3. The van der Waals surface area contributed by atoms with E-state index in [4.69, 9.17) is 0 Å². The van der Waals surface area contributed by atoms with Crippen molar-refractivity contribution in [2.45, 2.75) is 19.5 Å². The molecule has 0 spiro atoms. The van der Waals surface area contributed by atoms with Crippen LogP contribution < -0.4 is 4.90 Å². The van der Waals surface area contributed by atoms with E-state index in [0.29, 0.717) is 17.8 Å². The van der Waals surface area contributed by atoms with Crippen molar-refractivity contribution >= 4 is 11.6 Å². The van der Waals surface area contributed by atoms with Crippen LogP contribution in [0.5, 0.6) is 0 Å². The van der Waals surface area contributed by atoms with Crippen molar-refractivity contribution in [1.29, 1.82) is 0 Å². The lowest BCUT2D eigenvalue weighted by molar-refractivity contribution is -0.137. The molecule has 0 bridgehead atoms. The summed E-state index contributed by atoms with van der Waals surface area (Å²) in [5, 5.41) is 4.16. The fourth-order valence-corrected chi connectivity index (χ4v) is 3.39. The molecule has 3 aromatic rings. The molecule has 1 aliphatic rings. The van der Waals surface area contributed by atoms with E-state index in [-0.39, 0.29) is 11.6 Å². The fourth-order valence-electron chi connectivity index (χ4n) is 3.39. The Kier molecular flexibility index (Phi) is 4.02. The number of rotatable bonds is 2. The number of carbonyl (C=O) groups excluding carboxylic acids is 1. The topological polar surface area (TPSA) is 38.1 Å². The lowest BCUT2D eigenvalue weighted by atomic mass is 10.1. The number of halogens is 3. The van der Waals surface area contributed by atoms with Gasteiger partial charge in [0.05, 0.1) is 28.7 Å². The average Bonchev–Trinajstić information content (AvgIpc) is 3.24. The molecule has 0 N–H and O–H groups in total. The van der Waals surface area contributed by atoms with Gasteiger partial charge in [0, 0.05) is 12.2 Å². The Morgan fingerprint density at radius 3 is 2.67 bits per heavy atom. The van der Waals surface area contributed by atoms with E-state index in [1.54, 1.807) is 11.8 Å². The van der Waals surface area contributed by atoms with Gasteiger partial charge in [-0.3, -0.25) is 4.79 Å². The zero-order valence-electron chi connectivity index (χ0n) is 14.5. The summed E-state index contributed by atoms with van der Waals surface area (Å²) in [6.45, 7) is 2.26. The van der Waals surface area contributed by atoms with E-state index < -0.39 is 11.7 Å². The highest BCUT2D eigenvalue weighted by molar-refractivity contribution is 6.07. The molecule has 4 nitrogen and oxygen atoms in total. The second-order valence-corrected chi connectivity index (χ2v) is 6.44. The van der Waals surface area contributed by atoms with Crippen molar-refractivity contribution in [3.05, 3.63) is 77.1 Å². The molecule has 0 aliphatic carbocycles. The molecule has 1 amide bonds. The van der Waals surface area contributed by atoms with Crippen molar-refractivity contribution < 1.29 is 18.0 Å². The maximum Gasteiger partial charge on any atom is 0.416 e. The first-order valence-electron chi connectivity index (χ1n) is 8.48. The van der Waals surface area contributed by atoms with Crippen molar-refractivity contribution in [3.63, 3.8) is 0 Å². The maximum absolute atomic E-state index is 13.0. The van der Waals surface area contributed by atoms with Gasteiger partial charge in [0.15, 0.2) is 0 Å². The standard InChI is InChI=1S/C20H16F3N3O/c1-13-17(19(27)25-10-9-14-5-2-3-8-18(14)25)12-24-26(13)16-7-4-6-15(11-16)20(21,22)23/h2-8,11-12H,9-10H2,1H3. The quantitative estimate of drug-likeness (QED) is 0.670. The Hall–Kier alpha value is -3.09. The molecule has 0 saturated carbocycles. The molecule has 7 heteroatoms. The third kappa shape index (κ3) is 2.99. The third-order valence-corrected chi connectivity index (χ3v) is 4.79. The number of amides is 1. The summed E-state index contributed by atoms with van der Waals surface area (Å²) < 4.78 is 40.3. The minimum Gasteiger partial charge on any atom is -0.308 e. The van der Waals surface area contributed by atoms with Gasteiger partial charge in [-0.2, -0.15) is 18.3 Å². The zero-order valence-corrected chi connectivity index (χ0v) is 14.5. The molecule has 0 saturated heterocycles.